The van der Waals surface area contributed by atoms with Crippen LogP contribution in [0.1, 0.15) is 12.5 Å². The number of likely N-dealkylation sites (N-methyl/N-ethyl adjacent to an activating group) is 1. The largest absolute Gasteiger partial charge is 0.337 e. The van der Waals surface area contributed by atoms with Gasteiger partial charge in [-0.25, -0.2) is 0 Å². The lowest BCUT2D eigenvalue weighted by molar-refractivity contribution is -0.138. The van der Waals surface area contributed by atoms with Crippen LogP contribution < -0.4 is 5.32 Å². The minimum absolute atomic E-state index is 0.0880. The number of aromatic nitrogens is 1. The molecular formula is C16H26N4O. The quantitative estimate of drug-likeness (QED) is 0.808. The Hall–Kier alpha value is -1.46. The van der Waals surface area contributed by atoms with Crippen molar-refractivity contribution in [3.63, 3.8) is 0 Å². The summed E-state index contributed by atoms with van der Waals surface area (Å²) < 4.78 is 0. The number of pyridine rings is 1. The van der Waals surface area contributed by atoms with E-state index in [4.69, 9.17) is 0 Å². The zero-order chi connectivity index (χ0) is 15.2. The summed E-state index contributed by atoms with van der Waals surface area (Å²) in [6.45, 7) is 6.25. The van der Waals surface area contributed by atoms with E-state index in [0.717, 1.165) is 31.7 Å². The first-order valence-corrected chi connectivity index (χ1v) is 7.61. The molecule has 0 bridgehead atoms. The molecule has 1 saturated heterocycles. The number of nitrogens with zero attached hydrogens (tertiary/aromatic N) is 3. The fourth-order valence-corrected chi connectivity index (χ4v) is 2.45. The standard InChI is InChI=1S/C16H26N4O/c1-13(15-10-18-11-15)16(21)20(8-7-19(2)3)12-14-5-4-6-17-9-14/h4-6,9,13,15,18H,7-8,10-12H2,1-3H3. The predicted molar refractivity (Wildman–Crippen MR) is 83.7 cm³/mol. The van der Waals surface area contributed by atoms with E-state index in [1.54, 1.807) is 6.20 Å². The number of rotatable bonds is 7. The lowest BCUT2D eigenvalue weighted by Gasteiger charge is -2.35. The molecule has 1 aromatic heterocycles. The Balaban J connectivity index is 2.01. The Kier molecular flexibility index (Phi) is 5.70. The van der Waals surface area contributed by atoms with Gasteiger partial charge in [0.2, 0.25) is 5.91 Å². The highest BCUT2D eigenvalue weighted by atomic mass is 16.2. The zero-order valence-electron chi connectivity index (χ0n) is 13.2. The van der Waals surface area contributed by atoms with Crippen molar-refractivity contribution in [1.29, 1.82) is 0 Å². The molecule has 5 heteroatoms. The van der Waals surface area contributed by atoms with E-state index in [-0.39, 0.29) is 11.8 Å². The van der Waals surface area contributed by atoms with Crippen molar-refractivity contribution in [2.75, 3.05) is 40.3 Å². The highest BCUT2D eigenvalue weighted by Gasteiger charge is 2.31. The summed E-state index contributed by atoms with van der Waals surface area (Å²) in [6.07, 6.45) is 3.60. The number of hydrogen-bond acceptors (Lipinski definition) is 4. The van der Waals surface area contributed by atoms with Crippen LogP contribution >= 0.6 is 0 Å². The van der Waals surface area contributed by atoms with Gasteiger partial charge in [0.25, 0.3) is 0 Å². The summed E-state index contributed by atoms with van der Waals surface area (Å²) in [5, 5.41) is 3.25. The van der Waals surface area contributed by atoms with Crippen molar-refractivity contribution in [2.24, 2.45) is 11.8 Å². The van der Waals surface area contributed by atoms with Gasteiger partial charge in [-0.05, 0) is 44.7 Å². The predicted octanol–water partition coefficient (Wildman–Crippen LogP) is 0.827. The van der Waals surface area contributed by atoms with Gasteiger partial charge in [-0.1, -0.05) is 13.0 Å². The van der Waals surface area contributed by atoms with Gasteiger partial charge in [-0.15, -0.1) is 0 Å². The van der Waals surface area contributed by atoms with Crippen molar-refractivity contribution in [3.05, 3.63) is 30.1 Å². The van der Waals surface area contributed by atoms with Crippen LogP contribution in [0.2, 0.25) is 0 Å². The smallest absolute Gasteiger partial charge is 0.226 e. The van der Waals surface area contributed by atoms with Crippen LogP contribution in [0.15, 0.2) is 24.5 Å². The van der Waals surface area contributed by atoms with Crippen molar-refractivity contribution in [2.45, 2.75) is 13.5 Å². The molecule has 116 valence electrons. The molecule has 0 radical (unpaired) electrons. The fraction of sp³-hybridized carbons (Fsp3) is 0.625. The molecule has 1 aliphatic heterocycles. The lowest BCUT2D eigenvalue weighted by Crippen LogP contribution is -2.51. The van der Waals surface area contributed by atoms with Gasteiger partial charge in [0.05, 0.1) is 0 Å². The molecule has 0 saturated carbocycles. The van der Waals surface area contributed by atoms with E-state index < -0.39 is 0 Å². The zero-order valence-corrected chi connectivity index (χ0v) is 13.2. The Morgan fingerprint density at radius 3 is 2.71 bits per heavy atom. The third-order valence-electron chi connectivity index (χ3n) is 4.13. The number of carbonyl (C=O) groups excluding carboxylic acids is 1. The van der Waals surface area contributed by atoms with Crippen molar-refractivity contribution in [3.8, 4) is 0 Å². The molecule has 1 amide bonds. The molecular weight excluding hydrogens is 264 g/mol. The molecule has 1 N–H and O–H groups in total. The summed E-state index contributed by atoms with van der Waals surface area (Å²) >= 11 is 0. The van der Waals surface area contributed by atoms with Gasteiger partial charge in [0, 0.05) is 37.9 Å². The van der Waals surface area contributed by atoms with Crippen molar-refractivity contribution in [1.82, 2.24) is 20.1 Å². The highest BCUT2D eigenvalue weighted by Crippen LogP contribution is 2.19. The monoisotopic (exact) mass is 290 g/mol. The highest BCUT2D eigenvalue weighted by molar-refractivity contribution is 5.79. The molecule has 21 heavy (non-hydrogen) atoms. The van der Waals surface area contributed by atoms with Gasteiger partial charge in [-0.2, -0.15) is 0 Å². The molecule has 1 unspecified atom stereocenters. The second-order valence-corrected chi connectivity index (χ2v) is 6.13. The number of nitrogens with one attached hydrogen (secondary N) is 1. The van der Waals surface area contributed by atoms with Crippen LogP contribution in [0, 0.1) is 11.8 Å². The topological polar surface area (TPSA) is 48.5 Å². The second-order valence-electron chi connectivity index (χ2n) is 6.13. The van der Waals surface area contributed by atoms with Crippen LogP contribution in [0.4, 0.5) is 0 Å². The lowest BCUT2D eigenvalue weighted by atomic mass is 9.88. The molecule has 1 atom stereocenters. The van der Waals surface area contributed by atoms with Crippen molar-refractivity contribution < 1.29 is 4.79 Å². The second kappa shape index (κ2) is 7.52. The Labute approximate surface area is 127 Å². The third kappa shape index (κ3) is 4.51. The fourth-order valence-electron chi connectivity index (χ4n) is 2.45. The first-order valence-electron chi connectivity index (χ1n) is 7.61. The maximum atomic E-state index is 12.8. The first kappa shape index (κ1) is 15.9. The normalized spacial score (nSPS) is 16.6. The SMILES string of the molecule is CC(C(=O)N(CCN(C)C)Cc1cccnc1)C1CNC1. The van der Waals surface area contributed by atoms with E-state index in [2.05, 4.69) is 22.1 Å². The average molecular weight is 290 g/mol. The maximum Gasteiger partial charge on any atom is 0.226 e. The number of amides is 1. The molecule has 1 fully saturated rings. The average Bonchev–Trinajstić information content (AvgIpc) is 2.41. The molecule has 0 spiro atoms. The van der Waals surface area contributed by atoms with Gasteiger partial charge >= 0.3 is 0 Å². The van der Waals surface area contributed by atoms with Gasteiger partial charge in [-0.3, -0.25) is 9.78 Å². The minimum Gasteiger partial charge on any atom is -0.337 e. The molecule has 1 aliphatic rings. The third-order valence-corrected chi connectivity index (χ3v) is 4.13. The summed E-state index contributed by atoms with van der Waals surface area (Å²) in [4.78, 5) is 21.0. The Bertz CT molecular complexity index is 445. The van der Waals surface area contributed by atoms with E-state index in [1.807, 2.05) is 37.3 Å². The van der Waals surface area contributed by atoms with E-state index >= 15 is 0 Å². The summed E-state index contributed by atoms with van der Waals surface area (Å²) in [5.41, 5.74) is 1.09. The first-order chi connectivity index (χ1) is 10.1. The van der Waals surface area contributed by atoms with Crippen LogP contribution in [-0.2, 0) is 11.3 Å². The van der Waals surface area contributed by atoms with E-state index in [0.29, 0.717) is 12.5 Å². The summed E-state index contributed by atoms with van der Waals surface area (Å²) in [6, 6.07) is 3.95. The Morgan fingerprint density at radius 2 is 2.19 bits per heavy atom. The van der Waals surface area contributed by atoms with Crippen LogP contribution in [-0.4, -0.2) is 61.0 Å². The molecule has 0 aliphatic carbocycles. The molecule has 2 rings (SSSR count). The van der Waals surface area contributed by atoms with Gasteiger partial charge in [0.15, 0.2) is 0 Å². The maximum absolute atomic E-state index is 12.8. The van der Waals surface area contributed by atoms with Crippen LogP contribution in [0.3, 0.4) is 0 Å². The molecule has 1 aromatic rings. The molecule has 5 nitrogen and oxygen atoms in total. The van der Waals surface area contributed by atoms with E-state index in [1.165, 1.54) is 0 Å². The molecule has 2 heterocycles. The number of hydrogen-bond donors (Lipinski definition) is 1. The van der Waals surface area contributed by atoms with Gasteiger partial charge < -0.3 is 15.1 Å². The van der Waals surface area contributed by atoms with Crippen LogP contribution in [0.5, 0.6) is 0 Å². The minimum atomic E-state index is 0.0880. The van der Waals surface area contributed by atoms with Gasteiger partial charge in [0.1, 0.15) is 0 Å². The van der Waals surface area contributed by atoms with Crippen LogP contribution in [0.25, 0.3) is 0 Å². The number of carbonyl (C=O) groups is 1. The Morgan fingerprint density at radius 1 is 1.43 bits per heavy atom. The summed E-state index contributed by atoms with van der Waals surface area (Å²) in [5.74, 6) is 0.825. The molecule has 0 aromatic carbocycles. The van der Waals surface area contributed by atoms with E-state index in [9.17, 15) is 4.79 Å². The summed E-state index contributed by atoms with van der Waals surface area (Å²) in [7, 11) is 4.07. The van der Waals surface area contributed by atoms with Crippen molar-refractivity contribution >= 4 is 5.91 Å².